The van der Waals surface area contributed by atoms with Crippen molar-refractivity contribution in [3.8, 4) is 11.5 Å². The predicted molar refractivity (Wildman–Crippen MR) is 41.6 cm³/mol. The lowest BCUT2D eigenvalue weighted by molar-refractivity contribution is 0.0878. The van der Waals surface area contributed by atoms with Crippen molar-refractivity contribution in [2.45, 2.75) is 0 Å². The topological polar surface area (TPSA) is 86.6 Å². The van der Waals surface area contributed by atoms with Gasteiger partial charge in [-0.1, -0.05) is 0 Å². The highest BCUT2D eigenvalue weighted by atomic mass is 16.3. The van der Waals surface area contributed by atoms with Crippen LogP contribution in [0.4, 0.5) is 0 Å². The second-order valence-electron chi connectivity index (χ2n) is 2.64. The minimum absolute atomic E-state index is 0.162. The van der Waals surface area contributed by atoms with E-state index in [0.29, 0.717) is 0 Å². The molecular weight excluding hydrogens is 174 g/mol. The Kier molecular flexibility index (Phi) is 1.30. The maximum absolute atomic E-state index is 11.0. The summed E-state index contributed by atoms with van der Waals surface area (Å²) < 4.78 is 0. The smallest absolute Gasteiger partial charge is 0.262 e. The van der Waals surface area contributed by atoms with Crippen molar-refractivity contribution in [2.24, 2.45) is 0 Å². The molecule has 13 heavy (non-hydrogen) atoms. The summed E-state index contributed by atoms with van der Waals surface area (Å²) in [7, 11) is 0. The molecule has 1 aliphatic heterocycles. The largest absolute Gasteiger partial charge is 0.507 e. The third-order valence-electron chi connectivity index (χ3n) is 1.84. The summed E-state index contributed by atoms with van der Waals surface area (Å²) in [5, 5.41) is 20.4. The van der Waals surface area contributed by atoms with Crippen molar-refractivity contribution in [1.29, 1.82) is 0 Å². The quantitative estimate of drug-likeness (QED) is 0.386. The molecular formula is C8H5NO4. The van der Waals surface area contributed by atoms with Crippen molar-refractivity contribution in [3.63, 3.8) is 0 Å². The number of rotatable bonds is 0. The summed E-state index contributed by atoms with van der Waals surface area (Å²) in [4.78, 5) is 22.1. The van der Waals surface area contributed by atoms with Gasteiger partial charge in [0.2, 0.25) is 0 Å². The van der Waals surface area contributed by atoms with Gasteiger partial charge in [0.15, 0.2) is 0 Å². The molecule has 0 saturated carbocycles. The van der Waals surface area contributed by atoms with Gasteiger partial charge in [0.1, 0.15) is 11.5 Å². The Labute approximate surface area is 72.6 Å². The first kappa shape index (κ1) is 7.60. The Morgan fingerprint density at radius 3 is 1.69 bits per heavy atom. The number of carbonyl (C=O) groups is 2. The molecule has 1 aromatic carbocycles. The van der Waals surface area contributed by atoms with Crippen LogP contribution in [0.5, 0.6) is 11.5 Å². The van der Waals surface area contributed by atoms with E-state index in [1.807, 2.05) is 5.32 Å². The van der Waals surface area contributed by atoms with E-state index in [1.54, 1.807) is 0 Å². The van der Waals surface area contributed by atoms with Crippen LogP contribution >= 0.6 is 0 Å². The number of fused-ring (bicyclic) bond motifs is 1. The van der Waals surface area contributed by atoms with Crippen LogP contribution in [0.1, 0.15) is 20.7 Å². The van der Waals surface area contributed by atoms with Crippen LogP contribution in [-0.2, 0) is 0 Å². The van der Waals surface area contributed by atoms with E-state index in [-0.39, 0.29) is 22.6 Å². The molecule has 1 heterocycles. The molecule has 5 nitrogen and oxygen atoms in total. The highest BCUT2D eigenvalue weighted by Crippen LogP contribution is 2.31. The molecule has 0 atom stereocenters. The van der Waals surface area contributed by atoms with E-state index in [2.05, 4.69) is 0 Å². The zero-order chi connectivity index (χ0) is 9.59. The first-order valence-corrected chi connectivity index (χ1v) is 3.52. The fraction of sp³-hybridized carbons (Fsp3) is 0. The maximum atomic E-state index is 11.0. The highest BCUT2D eigenvalue weighted by molar-refractivity contribution is 6.23. The van der Waals surface area contributed by atoms with Gasteiger partial charge in [0.25, 0.3) is 11.8 Å². The van der Waals surface area contributed by atoms with Crippen molar-refractivity contribution >= 4 is 11.8 Å². The summed E-state index contributed by atoms with van der Waals surface area (Å²) in [5.74, 6) is -1.99. The Morgan fingerprint density at radius 1 is 0.923 bits per heavy atom. The lowest BCUT2D eigenvalue weighted by atomic mass is 10.1. The molecule has 0 fully saturated rings. The number of aromatic hydroxyl groups is 2. The van der Waals surface area contributed by atoms with E-state index in [1.165, 1.54) is 0 Å². The van der Waals surface area contributed by atoms with Crippen LogP contribution in [0.3, 0.4) is 0 Å². The minimum Gasteiger partial charge on any atom is -0.507 e. The molecule has 2 amide bonds. The molecule has 3 N–H and O–H groups in total. The van der Waals surface area contributed by atoms with Crippen molar-refractivity contribution in [1.82, 2.24) is 5.32 Å². The summed E-state index contributed by atoms with van der Waals surface area (Å²) in [6, 6.07) is 2.32. The summed E-state index contributed by atoms with van der Waals surface area (Å²) in [6.45, 7) is 0. The number of hydrogen-bond donors (Lipinski definition) is 3. The monoisotopic (exact) mass is 179 g/mol. The van der Waals surface area contributed by atoms with Crippen LogP contribution in [0, 0.1) is 0 Å². The Balaban J connectivity index is 2.81. The number of phenolic OH excluding ortho intramolecular Hbond substituents is 2. The van der Waals surface area contributed by atoms with Gasteiger partial charge in [0, 0.05) is 0 Å². The zero-order valence-corrected chi connectivity index (χ0v) is 6.37. The first-order valence-electron chi connectivity index (χ1n) is 3.52. The molecule has 2 rings (SSSR count). The first-order chi connectivity index (χ1) is 6.11. The summed E-state index contributed by atoms with van der Waals surface area (Å²) >= 11 is 0. The molecule has 66 valence electrons. The fourth-order valence-corrected chi connectivity index (χ4v) is 1.27. The molecule has 0 spiro atoms. The van der Waals surface area contributed by atoms with Crippen molar-refractivity contribution in [2.75, 3.05) is 0 Å². The van der Waals surface area contributed by atoms with Crippen molar-refractivity contribution < 1.29 is 19.8 Å². The van der Waals surface area contributed by atoms with Crippen LogP contribution in [-0.4, -0.2) is 22.0 Å². The molecule has 1 aliphatic rings. The van der Waals surface area contributed by atoms with Gasteiger partial charge in [-0.05, 0) is 12.1 Å². The second kappa shape index (κ2) is 2.22. The average molecular weight is 179 g/mol. The summed E-state index contributed by atoms with van der Waals surface area (Å²) in [5.41, 5.74) is -0.324. The van der Waals surface area contributed by atoms with E-state index in [9.17, 15) is 19.8 Å². The predicted octanol–water partition coefficient (Wildman–Crippen LogP) is -0.0186. The second-order valence-corrected chi connectivity index (χ2v) is 2.64. The maximum Gasteiger partial charge on any atom is 0.262 e. The molecule has 0 unspecified atom stereocenters. The van der Waals surface area contributed by atoms with E-state index in [0.717, 1.165) is 12.1 Å². The van der Waals surface area contributed by atoms with Crippen LogP contribution < -0.4 is 5.32 Å². The van der Waals surface area contributed by atoms with Gasteiger partial charge >= 0.3 is 0 Å². The number of imide groups is 1. The third-order valence-corrected chi connectivity index (χ3v) is 1.84. The molecule has 0 bridgehead atoms. The fourth-order valence-electron chi connectivity index (χ4n) is 1.27. The number of benzene rings is 1. The molecule has 0 aromatic heterocycles. The Bertz CT molecular complexity index is 385. The zero-order valence-electron chi connectivity index (χ0n) is 6.37. The lowest BCUT2D eigenvalue weighted by Crippen LogP contribution is -2.19. The third kappa shape index (κ3) is 0.868. The summed E-state index contributed by atoms with van der Waals surface area (Å²) in [6.07, 6.45) is 0. The molecule has 0 aliphatic carbocycles. The number of nitrogens with one attached hydrogen (secondary N) is 1. The van der Waals surface area contributed by atoms with E-state index >= 15 is 0 Å². The average Bonchev–Trinajstić information content (AvgIpc) is 2.36. The molecule has 0 radical (unpaired) electrons. The van der Waals surface area contributed by atoms with Crippen molar-refractivity contribution in [3.05, 3.63) is 23.3 Å². The number of amides is 2. The van der Waals surface area contributed by atoms with E-state index in [4.69, 9.17) is 0 Å². The minimum atomic E-state index is -0.687. The lowest BCUT2D eigenvalue weighted by Gasteiger charge is -1.99. The van der Waals surface area contributed by atoms with Crippen LogP contribution in [0.2, 0.25) is 0 Å². The van der Waals surface area contributed by atoms with Gasteiger partial charge in [-0.2, -0.15) is 0 Å². The Hall–Kier alpha value is -2.04. The van der Waals surface area contributed by atoms with Gasteiger partial charge in [-0.15, -0.1) is 0 Å². The number of phenols is 2. The van der Waals surface area contributed by atoms with Gasteiger partial charge in [0.05, 0.1) is 11.1 Å². The standard InChI is InChI=1S/C8H5NO4/c10-3-1-2-4(11)6-5(3)7(12)9-8(6)13/h1-2,10-11H,(H,9,12,13). The highest BCUT2D eigenvalue weighted by Gasteiger charge is 2.32. The van der Waals surface area contributed by atoms with Gasteiger partial charge < -0.3 is 10.2 Å². The molecule has 0 saturated heterocycles. The normalized spacial score (nSPS) is 14.2. The van der Waals surface area contributed by atoms with Gasteiger partial charge in [-0.25, -0.2) is 0 Å². The van der Waals surface area contributed by atoms with Crippen LogP contribution in [0.25, 0.3) is 0 Å². The molecule has 1 aromatic rings. The molecule has 5 heteroatoms. The van der Waals surface area contributed by atoms with Gasteiger partial charge in [-0.3, -0.25) is 14.9 Å². The van der Waals surface area contributed by atoms with E-state index < -0.39 is 11.8 Å². The number of carbonyl (C=O) groups excluding carboxylic acids is 2. The number of hydrogen-bond acceptors (Lipinski definition) is 4. The van der Waals surface area contributed by atoms with Crippen LogP contribution in [0.15, 0.2) is 12.1 Å². The Morgan fingerprint density at radius 2 is 1.31 bits per heavy atom. The SMILES string of the molecule is O=C1NC(=O)c2c(O)ccc(O)c21.